The lowest BCUT2D eigenvalue weighted by Crippen LogP contribution is -2.20. The lowest BCUT2D eigenvalue weighted by Gasteiger charge is -2.10. The highest BCUT2D eigenvalue weighted by Gasteiger charge is 2.45. The Morgan fingerprint density at radius 1 is 1.00 bits per heavy atom. The average molecular weight is 233 g/mol. The number of allylic oxidation sites excluding steroid dienone is 3. The van der Waals surface area contributed by atoms with E-state index in [0.29, 0.717) is 0 Å². The summed E-state index contributed by atoms with van der Waals surface area (Å²) < 4.78 is 84.3. The summed E-state index contributed by atoms with van der Waals surface area (Å²) in [6.07, 6.45) is -11.0. The van der Waals surface area contributed by atoms with Crippen molar-refractivity contribution in [3.63, 3.8) is 0 Å². The molecular weight excluding hydrogens is 231 g/mol. The molecule has 0 unspecified atom stereocenters. The number of halogens is 7. The molecule has 2 radical (unpaired) electrons. The van der Waals surface area contributed by atoms with Gasteiger partial charge in [-0.05, 0) is 0 Å². The lowest BCUT2D eigenvalue weighted by atomic mass is 10.1. The van der Waals surface area contributed by atoms with Crippen LogP contribution in [-0.4, -0.2) is 19.0 Å². The largest absolute Gasteiger partial charge is 0.433 e. The monoisotopic (exact) mass is 233 g/mol. The first-order valence-electron chi connectivity index (χ1n) is 3.46. The second-order valence-corrected chi connectivity index (χ2v) is 2.50. The summed E-state index contributed by atoms with van der Waals surface area (Å²) in [6, 6.07) is 0. The molecule has 1 rings (SSSR count). The van der Waals surface area contributed by atoms with Gasteiger partial charge in [0.1, 0.15) is 0 Å². The van der Waals surface area contributed by atoms with Crippen LogP contribution in [0.1, 0.15) is 0 Å². The Balaban J connectivity index is 3.16. The van der Waals surface area contributed by atoms with E-state index in [4.69, 9.17) is 0 Å². The molecule has 0 saturated carbocycles. The number of nitrogens with zero attached hydrogens (tertiary/aromatic N) is 1. The standard InChI is InChI=1S/C7H2F7N/c8-5(9)2-1-15-4(7(12,13)14)3(2)6(10)11/h5-6H. The highest BCUT2D eigenvalue weighted by atomic mass is 19.4. The Hall–Kier alpha value is -1.21. The van der Waals surface area contributed by atoms with E-state index in [9.17, 15) is 30.7 Å². The predicted molar refractivity (Wildman–Crippen MR) is 34.0 cm³/mol. The fraction of sp³-hybridized carbons (Fsp3) is 0.429. The van der Waals surface area contributed by atoms with Gasteiger partial charge in [0.05, 0.1) is 17.3 Å². The van der Waals surface area contributed by atoms with Gasteiger partial charge < -0.3 is 0 Å². The summed E-state index contributed by atoms with van der Waals surface area (Å²) >= 11 is 0. The number of hydrogen-bond donors (Lipinski definition) is 0. The maximum atomic E-state index is 12.1. The van der Waals surface area contributed by atoms with E-state index in [-0.39, 0.29) is 0 Å². The van der Waals surface area contributed by atoms with Crippen LogP contribution in [0.4, 0.5) is 30.7 Å². The molecule has 0 aromatic heterocycles. The zero-order valence-electron chi connectivity index (χ0n) is 6.75. The Kier molecular flexibility index (Phi) is 2.96. The van der Waals surface area contributed by atoms with E-state index in [0.717, 1.165) is 0 Å². The molecule has 15 heavy (non-hydrogen) atoms. The van der Waals surface area contributed by atoms with Gasteiger partial charge in [0.15, 0.2) is 5.70 Å². The van der Waals surface area contributed by atoms with Crippen molar-refractivity contribution in [1.29, 1.82) is 0 Å². The maximum absolute atomic E-state index is 12.1. The molecule has 0 spiro atoms. The zero-order valence-corrected chi connectivity index (χ0v) is 6.75. The summed E-state index contributed by atoms with van der Waals surface area (Å²) in [7, 11) is 0. The van der Waals surface area contributed by atoms with Gasteiger partial charge in [0.25, 0.3) is 12.9 Å². The van der Waals surface area contributed by atoms with Crippen LogP contribution in [0.3, 0.4) is 0 Å². The molecule has 8 heteroatoms. The van der Waals surface area contributed by atoms with Crippen molar-refractivity contribution in [2.45, 2.75) is 19.0 Å². The van der Waals surface area contributed by atoms with Crippen LogP contribution in [0.2, 0.25) is 0 Å². The third-order valence-corrected chi connectivity index (χ3v) is 1.54. The minimum absolute atomic E-state index is 1.26. The molecule has 0 fully saturated rings. The van der Waals surface area contributed by atoms with Crippen LogP contribution < -0.4 is 5.32 Å². The third kappa shape index (κ3) is 2.24. The molecular formula is C7H2F7N. The zero-order chi connectivity index (χ0) is 11.8. The van der Waals surface area contributed by atoms with Crippen LogP contribution in [0.5, 0.6) is 0 Å². The first kappa shape index (κ1) is 11.9. The van der Waals surface area contributed by atoms with E-state index >= 15 is 0 Å². The molecule has 84 valence electrons. The van der Waals surface area contributed by atoms with Gasteiger partial charge in [0.2, 0.25) is 0 Å². The fourth-order valence-electron chi connectivity index (χ4n) is 0.967. The second kappa shape index (κ2) is 3.74. The molecule has 0 amide bonds. The normalized spacial score (nSPS) is 17.5. The van der Waals surface area contributed by atoms with Crippen molar-refractivity contribution >= 4 is 0 Å². The number of rotatable bonds is 2. The van der Waals surface area contributed by atoms with E-state index in [1.807, 2.05) is 0 Å². The summed E-state index contributed by atoms with van der Waals surface area (Å²) in [5, 5.41) is 2.42. The Morgan fingerprint density at radius 2 is 1.53 bits per heavy atom. The Morgan fingerprint density at radius 3 is 1.87 bits per heavy atom. The van der Waals surface area contributed by atoms with Gasteiger partial charge in [-0.3, -0.25) is 0 Å². The van der Waals surface area contributed by atoms with Gasteiger partial charge >= 0.3 is 6.18 Å². The molecule has 0 N–H and O–H groups in total. The third-order valence-electron chi connectivity index (χ3n) is 1.54. The van der Waals surface area contributed by atoms with Crippen molar-refractivity contribution < 1.29 is 30.7 Å². The van der Waals surface area contributed by atoms with Crippen molar-refractivity contribution in [2.75, 3.05) is 0 Å². The van der Waals surface area contributed by atoms with Gasteiger partial charge in [-0.2, -0.15) is 13.2 Å². The van der Waals surface area contributed by atoms with Gasteiger partial charge in [-0.15, -0.1) is 0 Å². The maximum Gasteiger partial charge on any atom is 0.433 e. The van der Waals surface area contributed by atoms with Crippen molar-refractivity contribution in [1.82, 2.24) is 5.32 Å². The fourth-order valence-corrected chi connectivity index (χ4v) is 0.967. The molecule has 1 nitrogen and oxygen atoms in total. The molecule has 0 bridgehead atoms. The smallest absolute Gasteiger partial charge is 0.241 e. The van der Waals surface area contributed by atoms with Gasteiger partial charge in [-0.25, -0.2) is 22.9 Å². The van der Waals surface area contributed by atoms with Crippen LogP contribution in [0.15, 0.2) is 16.8 Å². The van der Waals surface area contributed by atoms with E-state index in [1.54, 1.807) is 0 Å². The highest BCUT2D eigenvalue weighted by molar-refractivity contribution is 5.43. The van der Waals surface area contributed by atoms with E-state index in [2.05, 4.69) is 5.32 Å². The molecule has 0 atom stereocenters. The van der Waals surface area contributed by atoms with E-state index < -0.39 is 35.9 Å². The van der Waals surface area contributed by atoms with Crippen LogP contribution in [0, 0.1) is 6.20 Å². The minimum Gasteiger partial charge on any atom is -0.241 e. The van der Waals surface area contributed by atoms with Gasteiger partial charge in [-0.1, -0.05) is 0 Å². The van der Waals surface area contributed by atoms with Crippen molar-refractivity contribution in [3.05, 3.63) is 23.0 Å². The summed E-state index contributed by atoms with van der Waals surface area (Å²) in [6.45, 7) is 0. The Labute approximate surface area is 79.3 Å². The SMILES string of the molecule is FC(F)C1=[C][N]C(C(F)(F)F)=C1C(F)F. The van der Waals surface area contributed by atoms with Crippen LogP contribution in [0.25, 0.3) is 0 Å². The molecule has 0 aromatic carbocycles. The Bertz CT molecular complexity index is 312. The summed E-state index contributed by atoms with van der Waals surface area (Å²) in [5.74, 6) is 0. The molecule has 1 heterocycles. The summed E-state index contributed by atoms with van der Waals surface area (Å²) in [5.41, 5.74) is -5.30. The van der Waals surface area contributed by atoms with E-state index in [1.165, 1.54) is 6.20 Å². The average Bonchev–Trinajstić information content (AvgIpc) is 2.45. The molecule has 0 saturated heterocycles. The van der Waals surface area contributed by atoms with Gasteiger partial charge in [0, 0.05) is 0 Å². The predicted octanol–water partition coefficient (Wildman–Crippen LogP) is 2.64. The summed E-state index contributed by atoms with van der Waals surface area (Å²) in [4.78, 5) is 0. The highest BCUT2D eigenvalue weighted by Crippen LogP contribution is 2.38. The van der Waals surface area contributed by atoms with Crippen LogP contribution in [-0.2, 0) is 0 Å². The molecule has 0 aliphatic carbocycles. The van der Waals surface area contributed by atoms with Crippen molar-refractivity contribution in [2.24, 2.45) is 0 Å². The molecule has 1 aliphatic heterocycles. The quantitative estimate of drug-likeness (QED) is 0.651. The first-order valence-corrected chi connectivity index (χ1v) is 3.46. The van der Waals surface area contributed by atoms with Crippen molar-refractivity contribution in [3.8, 4) is 0 Å². The minimum atomic E-state index is -5.19. The second-order valence-electron chi connectivity index (χ2n) is 2.50. The lowest BCUT2D eigenvalue weighted by molar-refractivity contribution is -0.0974. The number of hydrogen-bond acceptors (Lipinski definition) is 0. The topological polar surface area (TPSA) is 14.1 Å². The first-order chi connectivity index (χ1) is 6.75. The van der Waals surface area contributed by atoms with Crippen LogP contribution >= 0.6 is 0 Å². The molecule has 1 aliphatic rings. The molecule has 0 aromatic rings. The number of alkyl halides is 7.